The topological polar surface area (TPSA) is 120 Å². The minimum atomic E-state index is -0.556. The van der Waals surface area contributed by atoms with Crippen molar-refractivity contribution in [1.29, 1.82) is 0 Å². The van der Waals surface area contributed by atoms with Crippen LogP contribution in [0.3, 0.4) is 0 Å². The van der Waals surface area contributed by atoms with Crippen molar-refractivity contribution in [3.05, 3.63) is 84.3 Å². The molecule has 5 N–H and O–H groups in total. The molecule has 1 amide bonds. The highest BCUT2D eigenvalue weighted by molar-refractivity contribution is 5.91. The van der Waals surface area contributed by atoms with Crippen molar-refractivity contribution in [3.8, 4) is 33.9 Å². The maximum absolute atomic E-state index is 11.3. The molecule has 29 heavy (non-hydrogen) atoms. The molecule has 0 radical (unpaired) electrons. The van der Waals surface area contributed by atoms with E-state index in [0.29, 0.717) is 23.7 Å². The molecule has 2 heterocycles. The van der Waals surface area contributed by atoms with Gasteiger partial charge >= 0.3 is 0 Å². The number of amides is 1. The second-order valence-corrected chi connectivity index (χ2v) is 6.42. The number of carbonyl (C=O) groups excluding carboxylic acids is 1. The van der Waals surface area contributed by atoms with Gasteiger partial charge in [0.15, 0.2) is 0 Å². The Bertz CT molecular complexity index is 1140. The van der Waals surface area contributed by atoms with E-state index in [1.807, 2.05) is 54.7 Å². The molecule has 0 spiro atoms. The summed E-state index contributed by atoms with van der Waals surface area (Å²) >= 11 is 0. The molecule has 2 aromatic heterocycles. The first kappa shape index (κ1) is 18.4. The molecular formula is C22H19N5O2. The van der Waals surface area contributed by atoms with E-state index in [1.54, 1.807) is 18.3 Å². The average molecular weight is 385 g/mol. The Labute approximate surface area is 167 Å². The summed E-state index contributed by atoms with van der Waals surface area (Å²) in [6.07, 6.45) is 3.55. The van der Waals surface area contributed by atoms with Gasteiger partial charge in [0.05, 0.1) is 11.9 Å². The smallest absolute Gasteiger partial charge is 0.267 e. The lowest BCUT2D eigenvalue weighted by atomic mass is 10.0. The molecule has 0 saturated carbocycles. The van der Waals surface area contributed by atoms with Gasteiger partial charge in [0.1, 0.15) is 17.2 Å². The van der Waals surface area contributed by atoms with Gasteiger partial charge in [-0.25, -0.2) is 4.98 Å². The van der Waals surface area contributed by atoms with Crippen LogP contribution in [0.4, 0.5) is 0 Å². The Morgan fingerprint density at radius 2 is 1.86 bits per heavy atom. The van der Waals surface area contributed by atoms with Gasteiger partial charge < -0.3 is 16.2 Å². The predicted molar refractivity (Wildman–Crippen MR) is 110 cm³/mol. The van der Waals surface area contributed by atoms with E-state index >= 15 is 0 Å². The zero-order chi connectivity index (χ0) is 20.2. The number of benzene rings is 2. The zero-order valence-corrected chi connectivity index (χ0v) is 15.5. The molecule has 0 unspecified atom stereocenters. The number of hydrogen-bond acceptors (Lipinski definition) is 5. The number of nitrogens with two attached hydrogens (primary N) is 2. The zero-order valence-electron chi connectivity index (χ0n) is 15.5. The molecule has 4 rings (SSSR count). The van der Waals surface area contributed by atoms with Crippen LogP contribution in [0.2, 0.25) is 0 Å². The number of carbonyl (C=O) groups is 1. The molecule has 0 saturated heterocycles. The summed E-state index contributed by atoms with van der Waals surface area (Å²) in [6.45, 7) is 0.442. The summed E-state index contributed by atoms with van der Waals surface area (Å²) in [7, 11) is 0. The summed E-state index contributed by atoms with van der Waals surface area (Å²) in [5, 5.41) is 6.83. The largest absolute Gasteiger partial charge is 0.457 e. The van der Waals surface area contributed by atoms with Crippen molar-refractivity contribution in [2.24, 2.45) is 11.5 Å². The lowest BCUT2D eigenvalue weighted by Crippen LogP contribution is -2.12. The Hall–Kier alpha value is -3.97. The fraction of sp³-hybridized carbons (Fsp3) is 0.0455. The first-order chi connectivity index (χ1) is 14.1. The molecule has 7 nitrogen and oxygen atoms in total. The van der Waals surface area contributed by atoms with E-state index in [-0.39, 0.29) is 5.69 Å². The maximum Gasteiger partial charge on any atom is 0.267 e. The van der Waals surface area contributed by atoms with E-state index in [4.69, 9.17) is 16.2 Å². The normalized spacial score (nSPS) is 10.7. The van der Waals surface area contributed by atoms with Crippen LogP contribution in [0.25, 0.3) is 22.4 Å². The van der Waals surface area contributed by atoms with Gasteiger partial charge in [-0.3, -0.25) is 9.89 Å². The summed E-state index contributed by atoms with van der Waals surface area (Å²) in [4.78, 5) is 15.6. The highest BCUT2D eigenvalue weighted by Crippen LogP contribution is 2.34. The van der Waals surface area contributed by atoms with Crippen molar-refractivity contribution >= 4 is 5.91 Å². The Morgan fingerprint density at radius 3 is 2.55 bits per heavy atom. The van der Waals surface area contributed by atoms with E-state index in [1.165, 1.54) is 0 Å². The SMILES string of the molecule is NCc1ccc(Oc2ccc(-c3cccc(C(N)=O)n3)cc2)c(-c2cn[nH]c2)c1. The molecule has 144 valence electrons. The van der Waals surface area contributed by atoms with E-state index in [9.17, 15) is 4.79 Å². The number of nitrogens with zero attached hydrogens (tertiary/aromatic N) is 2. The van der Waals surface area contributed by atoms with E-state index in [0.717, 1.165) is 22.3 Å². The molecule has 0 atom stereocenters. The molecule has 0 bridgehead atoms. The molecule has 7 heteroatoms. The van der Waals surface area contributed by atoms with Crippen LogP contribution in [0, 0.1) is 0 Å². The second kappa shape index (κ2) is 7.95. The number of rotatable bonds is 6. The summed E-state index contributed by atoms with van der Waals surface area (Å²) < 4.78 is 6.11. The molecule has 0 aliphatic carbocycles. The van der Waals surface area contributed by atoms with Gasteiger partial charge in [-0.1, -0.05) is 12.1 Å². The van der Waals surface area contributed by atoms with E-state index in [2.05, 4.69) is 15.2 Å². The van der Waals surface area contributed by atoms with Crippen molar-refractivity contribution in [2.45, 2.75) is 6.54 Å². The molecule has 0 aliphatic heterocycles. The fourth-order valence-electron chi connectivity index (χ4n) is 2.97. The van der Waals surface area contributed by atoms with Crippen molar-refractivity contribution in [2.75, 3.05) is 0 Å². The number of H-pyrrole nitrogens is 1. The van der Waals surface area contributed by atoms with Gasteiger partial charge in [0.2, 0.25) is 0 Å². The lowest BCUT2D eigenvalue weighted by molar-refractivity contribution is 0.0995. The third-order valence-corrected chi connectivity index (χ3v) is 4.47. The van der Waals surface area contributed by atoms with Crippen molar-refractivity contribution in [1.82, 2.24) is 15.2 Å². The molecule has 0 aliphatic rings. The van der Waals surface area contributed by atoms with Gasteiger partial charge in [0, 0.05) is 29.4 Å². The highest BCUT2D eigenvalue weighted by atomic mass is 16.5. The first-order valence-electron chi connectivity index (χ1n) is 9.01. The number of primary amides is 1. The number of ether oxygens (including phenoxy) is 1. The number of hydrogen-bond donors (Lipinski definition) is 3. The van der Waals surface area contributed by atoms with Crippen LogP contribution in [0.15, 0.2) is 73.1 Å². The number of pyridine rings is 1. The van der Waals surface area contributed by atoms with Crippen LogP contribution in [-0.2, 0) is 6.54 Å². The third kappa shape index (κ3) is 3.99. The highest BCUT2D eigenvalue weighted by Gasteiger charge is 2.11. The van der Waals surface area contributed by atoms with Gasteiger partial charge in [0.25, 0.3) is 5.91 Å². The van der Waals surface area contributed by atoms with Crippen LogP contribution in [0.1, 0.15) is 16.1 Å². The lowest BCUT2D eigenvalue weighted by Gasteiger charge is -2.12. The molecule has 4 aromatic rings. The second-order valence-electron chi connectivity index (χ2n) is 6.42. The monoisotopic (exact) mass is 385 g/mol. The standard InChI is InChI=1S/C22H19N5O2/c23-11-14-4-9-21(18(10-14)16-12-25-26-13-16)29-17-7-5-15(6-8-17)19-2-1-3-20(27-19)22(24)28/h1-10,12-13H,11,23H2,(H2,24,28)(H,25,26). The molecule has 2 aromatic carbocycles. The van der Waals surface area contributed by atoms with Crippen molar-refractivity contribution in [3.63, 3.8) is 0 Å². The maximum atomic E-state index is 11.3. The number of nitrogens with one attached hydrogen (secondary N) is 1. The Kier molecular flexibility index (Phi) is 5.05. The van der Waals surface area contributed by atoms with Gasteiger partial charge in [-0.15, -0.1) is 0 Å². The minimum absolute atomic E-state index is 0.229. The summed E-state index contributed by atoms with van der Waals surface area (Å²) in [6, 6.07) is 18.5. The van der Waals surface area contributed by atoms with Crippen LogP contribution < -0.4 is 16.2 Å². The van der Waals surface area contributed by atoms with Crippen LogP contribution >= 0.6 is 0 Å². The molecular weight excluding hydrogens is 366 g/mol. The minimum Gasteiger partial charge on any atom is -0.457 e. The predicted octanol–water partition coefficient (Wildman–Crippen LogP) is 3.49. The number of aromatic nitrogens is 3. The summed E-state index contributed by atoms with van der Waals surface area (Å²) in [5.41, 5.74) is 15.7. The van der Waals surface area contributed by atoms with Gasteiger partial charge in [-0.2, -0.15) is 5.10 Å². The quantitative estimate of drug-likeness (QED) is 0.469. The fourth-order valence-corrected chi connectivity index (χ4v) is 2.97. The Balaban J connectivity index is 1.61. The van der Waals surface area contributed by atoms with Crippen LogP contribution in [0.5, 0.6) is 11.5 Å². The summed E-state index contributed by atoms with van der Waals surface area (Å²) in [5.74, 6) is 0.815. The first-order valence-corrected chi connectivity index (χ1v) is 9.01. The molecule has 0 fully saturated rings. The van der Waals surface area contributed by atoms with Gasteiger partial charge in [-0.05, 0) is 54.1 Å². The van der Waals surface area contributed by atoms with Crippen LogP contribution in [-0.4, -0.2) is 21.1 Å². The van der Waals surface area contributed by atoms with Crippen molar-refractivity contribution < 1.29 is 9.53 Å². The third-order valence-electron chi connectivity index (χ3n) is 4.47. The number of aromatic amines is 1. The van der Waals surface area contributed by atoms with E-state index < -0.39 is 5.91 Å². The Morgan fingerprint density at radius 1 is 1.03 bits per heavy atom. The average Bonchev–Trinajstić information content (AvgIpc) is 3.29.